The average Bonchev–Trinajstić information content (AvgIpc) is 2.84. The van der Waals surface area contributed by atoms with Crippen LogP contribution < -0.4 is 0 Å². The molecule has 0 atom stereocenters. The summed E-state index contributed by atoms with van der Waals surface area (Å²) in [6.07, 6.45) is 3.56. The van der Waals surface area contributed by atoms with Crippen molar-refractivity contribution in [3.63, 3.8) is 0 Å². The molecule has 1 aliphatic rings. The lowest BCUT2D eigenvalue weighted by Crippen LogP contribution is -2.44. The van der Waals surface area contributed by atoms with Gasteiger partial charge in [-0.05, 0) is 63.0 Å². The number of rotatable bonds is 5. The van der Waals surface area contributed by atoms with Gasteiger partial charge in [-0.15, -0.1) is 0 Å². The number of aromatic nitrogens is 1. The molecule has 0 spiro atoms. The lowest BCUT2D eigenvalue weighted by molar-refractivity contribution is 0.153. The lowest BCUT2D eigenvalue weighted by Gasteiger charge is -2.32. The molecular formula is C19H29N3. The Hall–Kier alpha value is -1.32. The normalized spacial score (nSPS) is 17.4. The molecule has 2 heterocycles. The highest BCUT2D eigenvalue weighted by atomic mass is 15.2. The standard InChI is InChI=1S/C19H29N3/c1-4-16-7-8-19-18(14-16)17(15(2)20-19)6-5-9-22-12-10-21(3)11-13-22/h7-8,14,20H,4-6,9-13H2,1-3H3. The van der Waals surface area contributed by atoms with Gasteiger partial charge in [0.25, 0.3) is 0 Å². The number of aryl methyl sites for hydroxylation is 3. The number of nitrogens with one attached hydrogen (secondary N) is 1. The third-order valence-corrected chi connectivity index (χ3v) is 5.09. The first-order valence-electron chi connectivity index (χ1n) is 8.68. The number of aromatic amines is 1. The fourth-order valence-electron chi connectivity index (χ4n) is 3.52. The average molecular weight is 299 g/mol. The highest BCUT2D eigenvalue weighted by Crippen LogP contribution is 2.25. The SMILES string of the molecule is CCc1ccc2[nH]c(C)c(CCCN3CCN(C)CC3)c2c1. The van der Waals surface area contributed by atoms with Crippen molar-refractivity contribution in [1.29, 1.82) is 0 Å². The number of piperazine rings is 1. The van der Waals surface area contributed by atoms with Gasteiger partial charge in [-0.2, -0.15) is 0 Å². The second-order valence-corrected chi connectivity index (χ2v) is 6.71. The monoisotopic (exact) mass is 299 g/mol. The molecule has 3 rings (SSSR count). The largest absolute Gasteiger partial charge is 0.358 e. The van der Waals surface area contributed by atoms with E-state index in [1.165, 1.54) is 73.3 Å². The van der Waals surface area contributed by atoms with E-state index in [2.05, 4.69) is 53.9 Å². The van der Waals surface area contributed by atoms with Crippen LogP contribution >= 0.6 is 0 Å². The van der Waals surface area contributed by atoms with Crippen molar-refractivity contribution in [2.45, 2.75) is 33.1 Å². The number of benzene rings is 1. The highest BCUT2D eigenvalue weighted by molar-refractivity contribution is 5.85. The van der Waals surface area contributed by atoms with Gasteiger partial charge in [0.2, 0.25) is 0 Å². The first-order chi connectivity index (χ1) is 10.7. The summed E-state index contributed by atoms with van der Waals surface area (Å²) in [6.45, 7) is 10.6. The quantitative estimate of drug-likeness (QED) is 0.916. The van der Waals surface area contributed by atoms with Crippen LogP contribution in [0.4, 0.5) is 0 Å². The summed E-state index contributed by atoms with van der Waals surface area (Å²) >= 11 is 0. The molecule has 0 amide bonds. The lowest BCUT2D eigenvalue weighted by atomic mass is 10.0. The maximum Gasteiger partial charge on any atom is 0.0459 e. The van der Waals surface area contributed by atoms with Crippen molar-refractivity contribution in [2.75, 3.05) is 39.8 Å². The Morgan fingerprint density at radius 3 is 2.64 bits per heavy atom. The van der Waals surface area contributed by atoms with E-state index in [0.717, 1.165) is 6.42 Å². The maximum atomic E-state index is 3.55. The zero-order chi connectivity index (χ0) is 15.5. The van der Waals surface area contributed by atoms with E-state index >= 15 is 0 Å². The Balaban J connectivity index is 1.64. The van der Waals surface area contributed by atoms with Gasteiger partial charge in [0.15, 0.2) is 0 Å². The van der Waals surface area contributed by atoms with E-state index in [1.807, 2.05) is 0 Å². The van der Waals surface area contributed by atoms with Gasteiger partial charge in [0.1, 0.15) is 0 Å². The molecule has 120 valence electrons. The Morgan fingerprint density at radius 1 is 1.14 bits per heavy atom. The molecule has 22 heavy (non-hydrogen) atoms. The summed E-state index contributed by atoms with van der Waals surface area (Å²) < 4.78 is 0. The van der Waals surface area contributed by atoms with Crippen molar-refractivity contribution < 1.29 is 0 Å². The van der Waals surface area contributed by atoms with Gasteiger partial charge in [-0.3, -0.25) is 0 Å². The van der Waals surface area contributed by atoms with E-state index in [-0.39, 0.29) is 0 Å². The number of nitrogens with zero attached hydrogens (tertiary/aromatic N) is 2. The molecule has 2 aromatic rings. The summed E-state index contributed by atoms with van der Waals surface area (Å²) in [4.78, 5) is 8.59. The van der Waals surface area contributed by atoms with Crippen molar-refractivity contribution in [3.8, 4) is 0 Å². The van der Waals surface area contributed by atoms with E-state index < -0.39 is 0 Å². The summed E-state index contributed by atoms with van der Waals surface area (Å²) in [7, 11) is 2.22. The third kappa shape index (κ3) is 3.36. The zero-order valence-corrected chi connectivity index (χ0v) is 14.3. The van der Waals surface area contributed by atoms with Gasteiger partial charge in [0.05, 0.1) is 0 Å². The Bertz CT molecular complexity index is 621. The maximum absolute atomic E-state index is 3.55. The molecule has 3 nitrogen and oxygen atoms in total. The van der Waals surface area contributed by atoms with Crippen molar-refractivity contribution in [3.05, 3.63) is 35.0 Å². The van der Waals surface area contributed by atoms with Crippen LogP contribution in [0, 0.1) is 6.92 Å². The van der Waals surface area contributed by atoms with Gasteiger partial charge in [-0.1, -0.05) is 13.0 Å². The van der Waals surface area contributed by atoms with E-state index in [1.54, 1.807) is 0 Å². The molecule has 1 aliphatic heterocycles. The molecule has 1 N–H and O–H groups in total. The van der Waals surface area contributed by atoms with Crippen molar-refractivity contribution in [2.24, 2.45) is 0 Å². The first kappa shape index (κ1) is 15.6. The molecule has 0 unspecified atom stereocenters. The minimum Gasteiger partial charge on any atom is -0.358 e. The second-order valence-electron chi connectivity index (χ2n) is 6.71. The van der Waals surface area contributed by atoms with Crippen LogP contribution in [0.15, 0.2) is 18.2 Å². The van der Waals surface area contributed by atoms with Crippen LogP contribution in [0.2, 0.25) is 0 Å². The van der Waals surface area contributed by atoms with E-state index in [0.29, 0.717) is 0 Å². The number of H-pyrrole nitrogens is 1. The topological polar surface area (TPSA) is 22.3 Å². The van der Waals surface area contributed by atoms with Gasteiger partial charge < -0.3 is 14.8 Å². The Morgan fingerprint density at radius 2 is 1.91 bits per heavy atom. The van der Waals surface area contributed by atoms with Crippen LogP contribution in [0.5, 0.6) is 0 Å². The molecule has 0 aliphatic carbocycles. The highest BCUT2D eigenvalue weighted by Gasteiger charge is 2.14. The molecule has 1 aromatic heterocycles. The minimum atomic E-state index is 1.11. The summed E-state index contributed by atoms with van der Waals surface area (Å²) in [5, 5.41) is 1.44. The zero-order valence-electron chi connectivity index (χ0n) is 14.3. The van der Waals surface area contributed by atoms with Crippen LogP contribution in [0.25, 0.3) is 10.9 Å². The Labute approximate surface area is 134 Å². The van der Waals surface area contributed by atoms with Gasteiger partial charge in [0, 0.05) is 42.8 Å². The molecule has 0 saturated carbocycles. The first-order valence-corrected chi connectivity index (χ1v) is 8.68. The van der Waals surface area contributed by atoms with Gasteiger partial charge in [-0.25, -0.2) is 0 Å². The molecule has 3 heteroatoms. The fourth-order valence-corrected chi connectivity index (χ4v) is 3.52. The minimum absolute atomic E-state index is 1.11. The van der Waals surface area contributed by atoms with Crippen LogP contribution in [-0.2, 0) is 12.8 Å². The van der Waals surface area contributed by atoms with Gasteiger partial charge >= 0.3 is 0 Å². The van der Waals surface area contributed by atoms with Crippen LogP contribution in [0.3, 0.4) is 0 Å². The number of likely N-dealkylation sites (N-methyl/N-ethyl adjacent to an activating group) is 1. The summed E-state index contributed by atoms with van der Waals surface area (Å²) in [5.41, 5.74) is 5.61. The predicted molar refractivity (Wildman–Crippen MR) is 94.7 cm³/mol. The Kier molecular flexibility index (Phi) is 4.84. The molecule has 0 bridgehead atoms. The van der Waals surface area contributed by atoms with E-state index in [4.69, 9.17) is 0 Å². The molecule has 1 saturated heterocycles. The smallest absolute Gasteiger partial charge is 0.0459 e. The van der Waals surface area contributed by atoms with E-state index in [9.17, 15) is 0 Å². The fraction of sp³-hybridized carbons (Fsp3) is 0.579. The molecule has 1 fully saturated rings. The number of hydrogen-bond donors (Lipinski definition) is 1. The molecule has 1 aromatic carbocycles. The summed E-state index contributed by atoms with van der Waals surface area (Å²) in [6, 6.07) is 6.86. The number of hydrogen-bond acceptors (Lipinski definition) is 2. The second kappa shape index (κ2) is 6.84. The van der Waals surface area contributed by atoms with Crippen LogP contribution in [0.1, 0.15) is 30.2 Å². The molecule has 0 radical (unpaired) electrons. The molecular weight excluding hydrogens is 270 g/mol. The van der Waals surface area contributed by atoms with Crippen LogP contribution in [-0.4, -0.2) is 54.6 Å². The van der Waals surface area contributed by atoms with Crippen molar-refractivity contribution >= 4 is 10.9 Å². The summed E-state index contributed by atoms with van der Waals surface area (Å²) in [5.74, 6) is 0. The predicted octanol–water partition coefficient (Wildman–Crippen LogP) is 3.22. The number of fused-ring (bicyclic) bond motifs is 1. The van der Waals surface area contributed by atoms with Crippen molar-refractivity contribution in [1.82, 2.24) is 14.8 Å². The third-order valence-electron chi connectivity index (χ3n) is 5.09.